The lowest BCUT2D eigenvalue weighted by Crippen LogP contribution is -2.50. The Bertz CT molecular complexity index is 1030. The van der Waals surface area contributed by atoms with Gasteiger partial charge in [0.25, 0.3) is 5.91 Å². The number of hydrogen-bond donors (Lipinski definition) is 0. The van der Waals surface area contributed by atoms with Crippen molar-refractivity contribution >= 4 is 29.2 Å². The molecular formula is C23H26N2O6. The molecule has 0 fully saturated rings. The highest BCUT2D eigenvalue weighted by Crippen LogP contribution is 2.37. The number of carbonyl (C=O) groups is 3. The number of benzene rings is 2. The lowest BCUT2D eigenvalue weighted by atomic mass is 10.0. The van der Waals surface area contributed by atoms with Crippen molar-refractivity contribution in [2.45, 2.75) is 20.8 Å². The molecule has 1 aliphatic heterocycles. The van der Waals surface area contributed by atoms with E-state index in [2.05, 4.69) is 0 Å². The van der Waals surface area contributed by atoms with Crippen LogP contribution < -0.4 is 19.3 Å². The maximum Gasteiger partial charge on any atom is 0.326 e. The molecule has 0 bridgehead atoms. The Morgan fingerprint density at radius 3 is 2.23 bits per heavy atom. The van der Waals surface area contributed by atoms with E-state index in [0.29, 0.717) is 28.4 Å². The Morgan fingerprint density at radius 2 is 1.61 bits per heavy atom. The van der Waals surface area contributed by atoms with E-state index >= 15 is 0 Å². The molecule has 0 saturated carbocycles. The van der Waals surface area contributed by atoms with Crippen molar-refractivity contribution in [3.05, 3.63) is 47.0 Å². The van der Waals surface area contributed by atoms with Crippen LogP contribution >= 0.6 is 0 Å². The highest BCUT2D eigenvalue weighted by atomic mass is 16.5. The first-order valence-electron chi connectivity index (χ1n) is 9.91. The summed E-state index contributed by atoms with van der Waals surface area (Å²) in [5, 5.41) is 0. The molecule has 3 rings (SSSR count). The molecule has 8 heteroatoms. The Morgan fingerprint density at radius 1 is 0.968 bits per heavy atom. The van der Waals surface area contributed by atoms with Gasteiger partial charge in [-0.15, -0.1) is 0 Å². The Balaban J connectivity index is 2.04. The molecule has 0 aromatic heterocycles. The fourth-order valence-corrected chi connectivity index (χ4v) is 3.47. The first-order chi connectivity index (χ1) is 14.8. The monoisotopic (exact) mass is 426 g/mol. The predicted molar refractivity (Wildman–Crippen MR) is 116 cm³/mol. The fraction of sp³-hybridized carbons (Fsp3) is 0.348. The van der Waals surface area contributed by atoms with Crippen LogP contribution in [-0.4, -0.2) is 51.7 Å². The second-order valence-electron chi connectivity index (χ2n) is 7.17. The van der Waals surface area contributed by atoms with E-state index in [-0.39, 0.29) is 31.5 Å². The minimum Gasteiger partial charge on any atom is -0.493 e. The molecular weight excluding hydrogens is 400 g/mol. The van der Waals surface area contributed by atoms with E-state index in [4.69, 9.17) is 14.2 Å². The van der Waals surface area contributed by atoms with Crippen molar-refractivity contribution < 1.29 is 28.6 Å². The van der Waals surface area contributed by atoms with Crippen LogP contribution in [0.5, 0.6) is 11.5 Å². The highest BCUT2D eigenvalue weighted by Gasteiger charge is 2.35. The van der Waals surface area contributed by atoms with Crippen molar-refractivity contribution in [2.75, 3.05) is 43.7 Å². The molecule has 0 N–H and O–H groups in total. The molecule has 164 valence electrons. The van der Waals surface area contributed by atoms with Gasteiger partial charge in [0.2, 0.25) is 5.91 Å². The molecule has 0 saturated heterocycles. The Kier molecular flexibility index (Phi) is 6.48. The molecule has 0 radical (unpaired) electrons. The van der Waals surface area contributed by atoms with Crippen molar-refractivity contribution in [2.24, 2.45) is 0 Å². The second kappa shape index (κ2) is 9.07. The van der Waals surface area contributed by atoms with Crippen LogP contribution in [-0.2, 0) is 14.3 Å². The average Bonchev–Trinajstić information content (AvgIpc) is 2.76. The number of hydrogen-bond acceptors (Lipinski definition) is 6. The van der Waals surface area contributed by atoms with Gasteiger partial charge in [-0.1, -0.05) is 0 Å². The quantitative estimate of drug-likeness (QED) is 0.661. The summed E-state index contributed by atoms with van der Waals surface area (Å²) in [7, 11) is 3.01. The second-order valence-corrected chi connectivity index (χ2v) is 7.17. The summed E-state index contributed by atoms with van der Waals surface area (Å²) in [6.45, 7) is 5.38. The number of anilines is 2. The molecule has 1 aliphatic rings. The molecule has 0 atom stereocenters. The van der Waals surface area contributed by atoms with Gasteiger partial charge in [-0.3, -0.25) is 24.2 Å². The van der Waals surface area contributed by atoms with Gasteiger partial charge < -0.3 is 14.2 Å². The van der Waals surface area contributed by atoms with E-state index < -0.39 is 5.97 Å². The third-order valence-electron chi connectivity index (χ3n) is 5.24. The summed E-state index contributed by atoms with van der Waals surface area (Å²) >= 11 is 0. The number of esters is 1. The van der Waals surface area contributed by atoms with E-state index in [1.807, 2.05) is 26.0 Å². The number of methoxy groups -OCH3 is 2. The summed E-state index contributed by atoms with van der Waals surface area (Å²) < 4.78 is 15.6. The summed E-state index contributed by atoms with van der Waals surface area (Å²) in [5.41, 5.74) is 3.33. The topological polar surface area (TPSA) is 85.4 Å². The maximum absolute atomic E-state index is 13.4. The zero-order chi connectivity index (χ0) is 22.7. The molecule has 0 aliphatic carbocycles. The highest BCUT2D eigenvalue weighted by molar-refractivity contribution is 6.17. The van der Waals surface area contributed by atoms with Crippen molar-refractivity contribution in [1.29, 1.82) is 0 Å². The fourth-order valence-electron chi connectivity index (χ4n) is 3.47. The van der Waals surface area contributed by atoms with Gasteiger partial charge in [0.05, 0.1) is 32.2 Å². The number of nitrogens with zero attached hydrogens (tertiary/aromatic N) is 2. The summed E-state index contributed by atoms with van der Waals surface area (Å²) in [6, 6.07) is 8.52. The van der Waals surface area contributed by atoms with Crippen LogP contribution in [0, 0.1) is 13.8 Å². The molecule has 8 nitrogen and oxygen atoms in total. The van der Waals surface area contributed by atoms with Gasteiger partial charge >= 0.3 is 5.97 Å². The number of rotatable bonds is 6. The largest absolute Gasteiger partial charge is 0.493 e. The Hall–Kier alpha value is -3.55. The third kappa shape index (κ3) is 4.33. The molecule has 2 amide bonds. The summed E-state index contributed by atoms with van der Waals surface area (Å²) in [4.78, 5) is 41.2. The predicted octanol–water partition coefficient (Wildman–Crippen LogP) is 2.88. The lowest BCUT2D eigenvalue weighted by molar-refractivity contribution is -0.142. The normalized spacial score (nSPS) is 13.0. The van der Waals surface area contributed by atoms with E-state index in [1.165, 1.54) is 24.0 Å². The van der Waals surface area contributed by atoms with Gasteiger partial charge in [-0.2, -0.15) is 0 Å². The van der Waals surface area contributed by atoms with Crippen LogP contribution in [0.4, 0.5) is 11.4 Å². The minimum absolute atomic E-state index is 0.192. The zero-order valence-corrected chi connectivity index (χ0v) is 18.4. The van der Waals surface area contributed by atoms with Crippen molar-refractivity contribution in [3.8, 4) is 11.5 Å². The third-order valence-corrected chi connectivity index (χ3v) is 5.24. The molecule has 1 heterocycles. The van der Waals surface area contributed by atoms with Crippen LogP contribution in [0.2, 0.25) is 0 Å². The van der Waals surface area contributed by atoms with Crippen LogP contribution in [0.1, 0.15) is 28.4 Å². The number of aryl methyl sites for hydroxylation is 2. The molecule has 0 spiro atoms. The first kappa shape index (κ1) is 22.1. The molecule has 0 unspecified atom stereocenters. The lowest BCUT2D eigenvalue weighted by Gasteiger charge is -2.36. The molecule has 31 heavy (non-hydrogen) atoms. The number of fused-ring (bicyclic) bond motifs is 1. The van der Waals surface area contributed by atoms with Crippen molar-refractivity contribution in [1.82, 2.24) is 0 Å². The van der Waals surface area contributed by atoms with Gasteiger partial charge in [0, 0.05) is 5.56 Å². The number of ether oxygens (including phenoxy) is 3. The average molecular weight is 426 g/mol. The number of carbonyl (C=O) groups excluding carboxylic acids is 3. The van der Waals surface area contributed by atoms with E-state index in [1.54, 1.807) is 25.1 Å². The van der Waals surface area contributed by atoms with E-state index in [9.17, 15) is 14.4 Å². The van der Waals surface area contributed by atoms with Gasteiger partial charge in [-0.05, 0) is 62.2 Å². The summed E-state index contributed by atoms with van der Waals surface area (Å²) in [5.74, 6) is -0.297. The smallest absolute Gasteiger partial charge is 0.326 e. The van der Waals surface area contributed by atoms with Crippen LogP contribution in [0.25, 0.3) is 0 Å². The van der Waals surface area contributed by atoms with Crippen LogP contribution in [0.3, 0.4) is 0 Å². The summed E-state index contributed by atoms with van der Waals surface area (Å²) in [6.07, 6.45) is 0. The van der Waals surface area contributed by atoms with Crippen molar-refractivity contribution in [3.63, 3.8) is 0 Å². The van der Waals surface area contributed by atoms with Gasteiger partial charge in [0.1, 0.15) is 13.1 Å². The molecule has 2 aromatic rings. The van der Waals surface area contributed by atoms with Gasteiger partial charge in [-0.25, -0.2) is 0 Å². The first-order valence-corrected chi connectivity index (χ1v) is 9.91. The maximum atomic E-state index is 13.4. The Labute approximate surface area is 181 Å². The van der Waals surface area contributed by atoms with E-state index in [0.717, 1.165) is 11.1 Å². The SMILES string of the molecule is CCOC(=O)CN1C(=O)CN(C(=O)c2ccc(OC)c(OC)c2)c2cc(C)c(C)cc21. The molecule has 2 aromatic carbocycles. The zero-order valence-electron chi connectivity index (χ0n) is 18.4. The number of amides is 2. The van der Waals surface area contributed by atoms with Crippen LogP contribution in [0.15, 0.2) is 30.3 Å². The van der Waals surface area contributed by atoms with Gasteiger partial charge in [0.15, 0.2) is 11.5 Å². The minimum atomic E-state index is -0.500. The standard InChI is InChI=1S/C23H26N2O6/c1-6-31-22(27)13-24-17-9-14(2)15(3)10-18(17)25(12-21(24)26)23(28)16-7-8-19(29-4)20(11-16)30-5/h7-11H,6,12-13H2,1-5H3.